The van der Waals surface area contributed by atoms with Gasteiger partial charge in [-0.3, -0.25) is 9.48 Å². The van der Waals surface area contributed by atoms with Gasteiger partial charge in [-0.25, -0.2) is 0 Å². The fourth-order valence-electron chi connectivity index (χ4n) is 1.36. The number of carbonyl (C=O) groups excluding carboxylic acids is 1. The van der Waals surface area contributed by atoms with Crippen LogP contribution in [0.25, 0.3) is 0 Å². The van der Waals surface area contributed by atoms with E-state index in [0.717, 1.165) is 5.69 Å². The van der Waals surface area contributed by atoms with E-state index in [4.69, 9.17) is 0 Å². The summed E-state index contributed by atoms with van der Waals surface area (Å²) in [6.45, 7) is 6.04. The van der Waals surface area contributed by atoms with Crippen LogP contribution < -0.4 is 0 Å². The second-order valence-electron chi connectivity index (χ2n) is 4.28. The van der Waals surface area contributed by atoms with E-state index < -0.39 is 0 Å². The van der Waals surface area contributed by atoms with Gasteiger partial charge in [-0.05, 0) is 18.9 Å². The van der Waals surface area contributed by atoms with Gasteiger partial charge >= 0.3 is 0 Å². The lowest BCUT2D eigenvalue weighted by atomic mass is 10.1. The molecule has 1 rings (SSSR count). The van der Waals surface area contributed by atoms with Crippen molar-refractivity contribution in [1.29, 1.82) is 0 Å². The number of likely N-dealkylation sites (N-methyl/N-ethyl adjacent to an activating group) is 1. The zero-order valence-corrected chi connectivity index (χ0v) is 10.1. The van der Waals surface area contributed by atoms with Gasteiger partial charge in [0, 0.05) is 20.3 Å². The summed E-state index contributed by atoms with van der Waals surface area (Å²) in [6, 6.07) is 1.73. The molecule has 84 valence electrons. The Morgan fingerprint density at radius 2 is 2.00 bits per heavy atom. The van der Waals surface area contributed by atoms with Gasteiger partial charge in [0.2, 0.25) is 5.91 Å². The summed E-state index contributed by atoms with van der Waals surface area (Å²) in [5, 5.41) is 4.38. The highest BCUT2D eigenvalue weighted by Crippen LogP contribution is 2.14. The summed E-state index contributed by atoms with van der Waals surface area (Å²) in [5.74, 6) is 0.460. The molecule has 1 atom stereocenters. The first-order valence-electron chi connectivity index (χ1n) is 5.19. The number of hydrogen-bond acceptors (Lipinski definition) is 2. The van der Waals surface area contributed by atoms with Crippen molar-refractivity contribution in [3.05, 3.63) is 18.0 Å². The van der Waals surface area contributed by atoms with Gasteiger partial charge in [-0.15, -0.1) is 0 Å². The van der Waals surface area contributed by atoms with Crippen molar-refractivity contribution in [3.63, 3.8) is 0 Å². The largest absolute Gasteiger partial charge is 0.347 e. The van der Waals surface area contributed by atoms with Crippen LogP contribution in [0, 0.1) is 0 Å². The minimum absolute atomic E-state index is 0.0633. The maximum absolute atomic E-state index is 11.7. The average Bonchev–Trinajstić information content (AvgIpc) is 2.64. The first-order valence-corrected chi connectivity index (χ1v) is 5.19. The molecule has 0 aliphatic rings. The number of carbonyl (C=O) groups is 1. The van der Waals surface area contributed by atoms with Gasteiger partial charge in [0.05, 0.1) is 5.69 Å². The van der Waals surface area contributed by atoms with Crippen LogP contribution in [0.5, 0.6) is 0 Å². The van der Waals surface area contributed by atoms with Gasteiger partial charge in [-0.1, -0.05) is 13.8 Å². The second-order valence-corrected chi connectivity index (χ2v) is 4.28. The summed E-state index contributed by atoms with van der Waals surface area (Å²) >= 11 is 0. The molecule has 0 aliphatic carbocycles. The number of amides is 1. The van der Waals surface area contributed by atoms with E-state index in [0.29, 0.717) is 5.92 Å². The van der Waals surface area contributed by atoms with Crippen molar-refractivity contribution in [2.45, 2.75) is 32.7 Å². The Hall–Kier alpha value is -1.32. The molecule has 0 fully saturated rings. The smallest absolute Gasteiger partial charge is 0.246 e. The van der Waals surface area contributed by atoms with E-state index in [1.54, 1.807) is 23.7 Å². The Bertz CT molecular complexity index is 341. The summed E-state index contributed by atoms with van der Waals surface area (Å²) in [4.78, 5) is 13.3. The van der Waals surface area contributed by atoms with Gasteiger partial charge < -0.3 is 4.90 Å². The third kappa shape index (κ3) is 2.58. The number of hydrogen-bond donors (Lipinski definition) is 0. The minimum atomic E-state index is -0.229. The van der Waals surface area contributed by atoms with Gasteiger partial charge in [0.1, 0.15) is 6.04 Å². The third-order valence-electron chi connectivity index (χ3n) is 2.42. The van der Waals surface area contributed by atoms with Crippen molar-refractivity contribution in [3.8, 4) is 0 Å². The van der Waals surface area contributed by atoms with Crippen LogP contribution in [-0.4, -0.2) is 34.7 Å². The zero-order chi connectivity index (χ0) is 11.6. The average molecular weight is 209 g/mol. The van der Waals surface area contributed by atoms with Gasteiger partial charge in [0.15, 0.2) is 0 Å². The first kappa shape index (κ1) is 11.8. The molecule has 15 heavy (non-hydrogen) atoms. The monoisotopic (exact) mass is 209 g/mol. The lowest BCUT2D eigenvalue weighted by Crippen LogP contribution is -2.30. The highest BCUT2D eigenvalue weighted by Gasteiger charge is 2.17. The maximum atomic E-state index is 11.7. The van der Waals surface area contributed by atoms with Crippen molar-refractivity contribution in [1.82, 2.24) is 14.7 Å². The molecule has 4 heteroatoms. The summed E-state index contributed by atoms with van der Waals surface area (Å²) in [5.41, 5.74) is 1.02. The fourth-order valence-corrected chi connectivity index (χ4v) is 1.36. The number of rotatable bonds is 3. The second kappa shape index (κ2) is 4.47. The van der Waals surface area contributed by atoms with E-state index in [9.17, 15) is 4.79 Å². The summed E-state index contributed by atoms with van der Waals surface area (Å²) in [7, 11) is 3.51. The van der Waals surface area contributed by atoms with E-state index >= 15 is 0 Å². The SMILES string of the molecule is CC(C)c1ccn(C(C)C(=O)N(C)C)n1. The first-order chi connectivity index (χ1) is 6.93. The van der Waals surface area contributed by atoms with Crippen LogP contribution in [-0.2, 0) is 4.79 Å². The normalized spacial score (nSPS) is 12.9. The van der Waals surface area contributed by atoms with Crippen LogP contribution in [0.1, 0.15) is 38.4 Å². The number of aromatic nitrogens is 2. The summed E-state index contributed by atoms with van der Waals surface area (Å²) in [6.07, 6.45) is 1.86. The third-order valence-corrected chi connectivity index (χ3v) is 2.42. The number of nitrogens with zero attached hydrogens (tertiary/aromatic N) is 3. The maximum Gasteiger partial charge on any atom is 0.246 e. The molecule has 0 saturated carbocycles. The molecular weight excluding hydrogens is 190 g/mol. The molecule has 0 bridgehead atoms. The molecule has 1 unspecified atom stereocenters. The van der Waals surface area contributed by atoms with Crippen LogP contribution in [0.2, 0.25) is 0 Å². The van der Waals surface area contributed by atoms with Crippen molar-refractivity contribution >= 4 is 5.91 Å². The highest BCUT2D eigenvalue weighted by atomic mass is 16.2. The molecular formula is C11H19N3O. The fraction of sp³-hybridized carbons (Fsp3) is 0.636. The molecule has 1 aromatic heterocycles. The minimum Gasteiger partial charge on any atom is -0.347 e. The zero-order valence-electron chi connectivity index (χ0n) is 10.1. The molecule has 1 aromatic rings. The standard InChI is InChI=1S/C11H19N3O/c1-8(2)10-6-7-14(12-10)9(3)11(15)13(4)5/h6-9H,1-5H3. The molecule has 0 saturated heterocycles. The Kier molecular flexibility index (Phi) is 3.50. The van der Waals surface area contributed by atoms with Crippen molar-refractivity contribution in [2.24, 2.45) is 0 Å². The lowest BCUT2D eigenvalue weighted by Gasteiger charge is -2.17. The predicted octanol–water partition coefficient (Wildman–Crippen LogP) is 1.66. The molecule has 1 heterocycles. The Balaban J connectivity index is 2.83. The Morgan fingerprint density at radius 1 is 1.40 bits per heavy atom. The van der Waals surface area contributed by atoms with Crippen LogP contribution in [0.4, 0.5) is 0 Å². The lowest BCUT2D eigenvalue weighted by molar-refractivity contribution is -0.131. The molecule has 0 spiro atoms. The van der Waals surface area contributed by atoms with Crippen LogP contribution in [0.15, 0.2) is 12.3 Å². The molecule has 1 amide bonds. The van der Waals surface area contributed by atoms with Crippen LogP contribution in [0.3, 0.4) is 0 Å². The quantitative estimate of drug-likeness (QED) is 0.759. The summed E-state index contributed by atoms with van der Waals surface area (Å²) < 4.78 is 1.72. The molecule has 0 aromatic carbocycles. The molecule has 0 radical (unpaired) electrons. The van der Waals surface area contributed by atoms with Gasteiger partial charge in [-0.2, -0.15) is 5.10 Å². The topological polar surface area (TPSA) is 38.1 Å². The highest BCUT2D eigenvalue weighted by molar-refractivity contribution is 5.79. The predicted molar refractivity (Wildman–Crippen MR) is 59.7 cm³/mol. The van der Waals surface area contributed by atoms with E-state index in [2.05, 4.69) is 18.9 Å². The van der Waals surface area contributed by atoms with E-state index in [1.807, 2.05) is 19.2 Å². The van der Waals surface area contributed by atoms with Crippen LogP contribution >= 0.6 is 0 Å². The molecule has 4 nitrogen and oxygen atoms in total. The Morgan fingerprint density at radius 3 is 2.40 bits per heavy atom. The Labute approximate surface area is 90.9 Å². The van der Waals surface area contributed by atoms with Gasteiger partial charge in [0.25, 0.3) is 0 Å². The van der Waals surface area contributed by atoms with Crippen molar-refractivity contribution in [2.75, 3.05) is 14.1 Å². The molecule has 0 aliphatic heterocycles. The van der Waals surface area contributed by atoms with Crippen molar-refractivity contribution < 1.29 is 4.79 Å². The molecule has 0 N–H and O–H groups in total. The van der Waals surface area contributed by atoms with E-state index in [-0.39, 0.29) is 11.9 Å². The van der Waals surface area contributed by atoms with E-state index in [1.165, 1.54) is 0 Å².